The summed E-state index contributed by atoms with van der Waals surface area (Å²) >= 11 is 0. The Balaban J connectivity index is 2.07. The SMILES string of the molecule is COC(=O)NC[Si](C)(C(=O)OCc1ccccc1)C(=O)OCc1ccccc1. The summed E-state index contributed by atoms with van der Waals surface area (Å²) in [6.07, 6.45) is -0.911. The summed E-state index contributed by atoms with van der Waals surface area (Å²) < 4.78 is 15.3. The Morgan fingerprint density at radius 1 is 0.821 bits per heavy atom. The fraction of sp³-hybridized carbons (Fsp3) is 0.250. The van der Waals surface area contributed by atoms with Crippen LogP contribution < -0.4 is 5.32 Å². The molecule has 0 heterocycles. The highest BCUT2D eigenvalue weighted by Gasteiger charge is 2.49. The van der Waals surface area contributed by atoms with Crippen LogP contribution in [0.1, 0.15) is 11.1 Å². The van der Waals surface area contributed by atoms with E-state index in [1.807, 2.05) is 60.7 Å². The highest BCUT2D eigenvalue weighted by Crippen LogP contribution is 2.14. The minimum absolute atomic E-state index is 0.0342. The molecule has 0 saturated carbocycles. The Kier molecular flexibility index (Phi) is 7.76. The number of carbonyl (C=O) groups is 3. The van der Waals surface area contributed by atoms with Crippen molar-refractivity contribution in [2.45, 2.75) is 19.8 Å². The van der Waals surface area contributed by atoms with Gasteiger partial charge in [-0.25, -0.2) is 4.79 Å². The first-order valence-electron chi connectivity index (χ1n) is 8.70. The van der Waals surface area contributed by atoms with Crippen LogP contribution in [0.15, 0.2) is 60.7 Å². The van der Waals surface area contributed by atoms with Crippen molar-refractivity contribution in [1.29, 1.82) is 0 Å². The van der Waals surface area contributed by atoms with Gasteiger partial charge in [-0.05, 0) is 17.7 Å². The van der Waals surface area contributed by atoms with Gasteiger partial charge in [0.05, 0.1) is 7.11 Å². The highest BCUT2D eigenvalue weighted by molar-refractivity contribution is 7.23. The van der Waals surface area contributed by atoms with Gasteiger partial charge in [-0.3, -0.25) is 9.59 Å². The third kappa shape index (κ3) is 5.95. The third-order valence-corrected chi connectivity index (χ3v) is 7.07. The molecule has 0 aliphatic rings. The van der Waals surface area contributed by atoms with Crippen LogP contribution in [0.2, 0.25) is 6.55 Å². The molecule has 2 rings (SSSR count). The lowest BCUT2D eigenvalue weighted by molar-refractivity contribution is 0.153. The molecule has 1 amide bonds. The van der Waals surface area contributed by atoms with E-state index in [1.54, 1.807) is 0 Å². The maximum absolute atomic E-state index is 12.7. The molecular weight excluding hydrogens is 378 g/mol. The summed E-state index contributed by atoms with van der Waals surface area (Å²) in [5, 5.41) is 2.43. The lowest BCUT2D eigenvalue weighted by Crippen LogP contribution is -2.58. The second-order valence-corrected chi connectivity index (χ2v) is 10.1. The molecular formula is C20H23NO6Si. The summed E-state index contributed by atoms with van der Waals surface area (Å²) in [6.45, 7) is 1.57. The van der Waals surface area contributed by atoms with E-state index in [-0.39, 0.29) is 19.4 Å². The molecule has 148 valence electrons. The number of ether oxygens (including phenoxy) is 3. The third-order valence-electron chi connectivity index (χ3n) is 4.10. The quantitative estimate of drug-likeness (QED) is 0.534. The van der Waals surface area contributed by atoms with Crippen molar-refractivity contribution in [2.75, 3.05) is 13.3 Å². The number of hydrogen-bond acceptors (Lipinski definition) is 6. The molecule has 2 aromatic rings. The highest BCUT2D eigenvalue weighted by atomic mass is 28.3. The first kappa shape index (κ1) is 21.2. The maximum atomic E-state index is 12.7. The minimum Gasteiger partial charge on any atom is -0.465 e. The number of carbonyl (C=O) groups excluding carboxylic acids is 3. The van der Waals surface area contributed by atoms with Crippen LogP contribution in [0.3, 0.4) is 0 Å². The zero-order valence-electron chi connectivity index (χ0n) is 15.8. The van der Waals surface area contributed by atoms with Crippen LogP contribution in [-0.4, -0.2) is 38.6 Å². The number of benzene rings is 2. The van der Waals surface area contributed by atoms with Crippen LogP contribution in [-0.2, 0) is 27.4 Å². The first-order valence-corrected chi connectivity index (χ1v) is 11.4. The van der Waals surface area contributed by atoms with E-state index < -0.39 is 25.4 Å². The normalized spacial score (nSPS) is 10.6. The van der Waals surface area contributed by atoms with Gasteiger partial charge >= 0.3 is 14.2 Å². The van der Waals surface area contributed by atoms with E-state index >= 15 is 0 Å². The summed E-state index contributed by atoms with van der Waals surface area (Å²) in [5.74, 6) is 0. The lowest BCUT2D eigenvalue weighted by atomic mass is 10.2. The molecule has 7 nitrogen and oxygen atoms in total. The zero-order chi connectivity index (χ0) is 20.4. The van der Waals surface area contributed by atoms with E-state index in [0.717, 1.165) is 11.1 Å². The monoisotopic (exact) mass is 401 g/mol. The van der Waals surface area contributed by atoms with Crippen molar-refractivity contribution in [3.05, 3.63) is 71.8 Å². The molecule has 8 heteroatoms. The van der Waals surface area contributed by atoms with Crippen LogP contribution >= 0.6 is 0 Å². The van der Waals surface area contributed by atoms with Gasteiger partial charge in [-0.2, -0.15) is 0 Å². The van der Waals surface area contributed by atoms with Gasteiger partial charge in [-0.15, -0.1) is 0 Å². The molecule has 0 spiro atoms. The van der Waals surface area contributed by atoms with Gasteiger partial charge in [0.2, 0.25) is 0 Å². The lowest BCUT2D eigenvalue weighted by Gasteiger charge is -2.23. The molecule has 0 unspecified atom stereocenters. The molecule has 0 bridgehead atoms. The second-order valence-electron chi connectivity index (χ2n) is 6.30. The van der Waals surface area contributed by atoms with Gasteiger partial charge in [-0.1, -0.05) is 60.7 Å². The number of nitrogens with one attached hydrogen (secondary N) is 1. The van der Waals surface area contributed by atoms with Crippen LogP contribution in [0.4, 0.5) is 14.4 Å². The van der Waals surface area contributed by atoms with Crippen molar-refractivity contribution >= 4 is 25.4 Å². The molecule has 1 N–H and O–H groups in total. The fourth-order valence-corrected chi connectivity index (χ4v) is 4.05. The average Bonchev–Trinajstić information content (AvgIpc) is 2.75. The van der Waals surface area contributed by atoms with Crippen molar-refractivity contribution in [3.63, 3.8) is 0 Å². The Morgan fingerprint density at radius 2 is 1.25 bits per heavy atom. The summed E-state index contributed by atoms with van der Waals surface area (Å²) in [6, 6.07) is 18.3. The number of amides is 1. The van der Waals surface area contributed by atoms with E-state index in [1.165, 1.54) is 13.7 Å². The molecule has 28 heavy (non-hydrogen) atoms. The molecule has 0 saturated heterocycles. The zero-order valence-corrected chi connectivity index (χ0v) is 16.8. The Bertz CT molecular complexity index is 741. The molecule has 0 aromatic heterocycles. The molecule has 0 aliphatic heterocycles. The molecule has 0 aliphatic carbocycles. The van der Waals surface area contributed by atoms with Gasteiger partial charge in [0.1, 0.15) is 13.2 Å². The predicted octanol–water partition coefficient (Wildman–Crippen LogP) is 3.80. The van der Waals surface area contributed by atoms with Crippen LogP contribution in [0.25, 0.3) is 0 Å². The predicted molar refractivity (Wildman–Crippen MR) is 105 cm³/mol. The van der Waals surface area contributed by atoms with Crippen molar-refractivity contribution in [1.82, 2.24) is 5.32 Å². The van der Waals surface area contributed by atoms with E-state index in [4.69, 9.17) is 9.47 Å². The van der Waals surface area contributed by atoms with Crippen LogP contribution in [0, 0.1) is 0 Å². The van der Waals surface area contributed by atoms with Gasteiger partial charge in [0.15, 0.2) is 0 Å². The molecule has 0 atom stereocenters. The summed E-state index contributed by atoms with van der Waals surface area (Å²) in [7, 11) is -2.27. The number of alkyl carbamates (subject to hydrolysis) is 1. The summed E-state index contributed by atoms with van der Waals surface area (Å²) in [4.78, 5) is 36.9. The number of rotatable bonds is 8. The summed E-state index contributed by atoms with van der Waals surface area (Å²) in [5.41, 5.74) is 0.271. The van der Waals surface area contributed by atoms with Crippen molar-refractivity contribution < 1.29 is 28.6 Å². The maximum Gasteiger partial charge on any atom is 0.406 e. The van der Waals surface area contributed by atoms with E-state index in [2.05, 4.69) is 10.1 Å². The Hall–Kier alpha value is -3.13. The standard InChI is InChI=1S/C20H23NO6Si/c1-25-18(22)21-15-28(2,19(23)26-13-16-9-5-3-6-10-16)20(24)27-14-17-11-7-4-8-12-17/h3-12H,13-15H2,1-2H3,(H,21,22). The largest absolute Gasteiger partial charge is 0.465 e. The smallest absolute Gasteiger partial charge is 0.406 e. The topological polar surface area (TPSA) is 90.9 Å². The van der Waals surface area contributed by atoms with Crippen molar-refractivity contribution in [3.8, 4) is 0 Å². The molecule has 2 aromatic carbocycles. The number of hydrogen-bond donors (Lipinski definition) is 1. The van der Waals surface area contributed by atoms with Gasteiger partial charge in [0, 0.05) is 6.17 Å². The van der Waals surface area contributed by atoms with Crippen LogP contribution in [0.5, 0.6) is 0 Å². The fourth-order valence-electron chi connectivity index (χ4n) is 2.31. The van der Waals surface area contributed by atoms with Gasteiger partial charge < -0.3 is 19.5 Å². The number of methoxy groups -OCH3 is 1. The second kappa shape index (κ2) is 10.3. The van der Waals surface area contributed by atoms with E-state index in [9.17, 15) is 14.4 Å². The van der Waals surface area contributed by atoms with Gasteiger partial charge in [0.25, 0.3) is 11.2 Å². The Morgan fingerprint density at radius 3 is 1.64 bits per heavy atom. The minimum atomic E-state index is -3.48. The first-order chi connectivity index (χ1) is 13.5. The molecule has 0 radical (unpaired) electrons. The van der Waals surface area contributed by atoms with E-state index in [0.29, 0.717) is 0 Å². The van der Waals surface area contributed by atoms with Crippen molar-refractivity contribution in [2.24, 2.45) is 0 Å². The average molecular weight is 401 g/mol. The Labute approximate surface area is 164 Å². The molecule has 0 fully saturated rings.